The van der Waals surface area contributed by atoms with Crippen molar-refractivity contribution in [3.63, 3.8) is 0 Å². The number of rotatable bonds is 3. The van der Waals surface area contributed by atoms with Crippen molar-refractivity contribution in [2.75, 3.05) is 31.2 Å². The third-order valence-corrected chi connectivity index (χ3v) is 3.73. The third-order valence-electron chi connectivity index (χ3n) is 2.91. The van der Waals surface area contributed by atoms with E-state index >= 15 is 0 Å². The number of halogens is 2. The number of ether oxygens (including phenoxy) is 2. The molecule has 1 saturated heterocycles. The summed E-state index contributed by atoms with van der Waals surface area (Å²) >= 11 is 9.37. The Balaban J connectivity index is 1.85. The van der Waals surface area contributed by atoms with Crippen molar-refractivity contribution in [2.24, 2.45) is 0 Å². The highest BCUT2D eigenvalue weighted by molar-refractivity contribution is 9.10. The molecule has 0 atom stereocenters. The molecule has 0 aliphatic carbocycles. The second-order valence-electron chi connectivity index (χ2n) is 4.32. The maximum Gasteiger partial charge on any atom is 0.328 e. The van der Waals surface area contributed by atoms with Crippen molar-refractivity contribution in [3.8, 4) is 11.8 Å². The Labute approximate surface area is 135 Å². The van der Waals surface area contributed by atoms with Gasteiger partial charge in [0.1, 0.15) is 5.75 Å². The lowest BCUT2D eigenvalue weighted by Gasteiger charge is -2.26. The first-order chi connectivity index (χ1) is 10.2. The molecule has 0 N–H and O–H groups in total. The van der Waals surface area contributed by atoms with Gasteiger partial charge in [0.25, 0.3) is 0 Å². The minimum atomic E-state index is 0.105. The smallest absolute Gasteiger partial charge is 0.328 e. The topological polar surface area (TPSA) is 60.4 Å². The highest BCUT2D eigenvalue weighted by atomic mass is 79.9. The molecule has 0 bridgehead atoms. The average molecular weight is 372 g/mol. The number of hydrogen-bond donors (Lipinski definition) is 0. The molecule has 21 heavy (non-hydrogen) atoms. The van der Waals surface area contributed by atoms with Crippen LogP contribution in [-0.2, 0) is 4.74 Å². The molecule has 1 aliphatic heterocycles. The normalized spacial score (nSPS) is 15.0. The molecule has 1 fully saturated rings. The standard InChI is InChI=1S/C13H12BrClN4O2/c14-9-3-1-2-4-10(9)21-13-17-11(15)16-12(18-13)19-5-7-20-8-6-19/h1-4H,5-8H2. The van der Waals surface area contributed by atoms with Gasteiger partial charge in [-0.15, -0.1) is 0 Å². The molecule has 0 unspecified atom stereocenters. The zero-order valence-electron chi connectivity index (χ0n) is 11.0. The summed E-state index contributed by atoms with van der Waals surface area (Å²) in [5.41, 5.74) is 0. The first-order valence-electron chi connectivity index (χ1n) is 6.39. The number of aromatic nitrogens is 3. The zero-order valence-corrected chi connectivity index (χ0v) is 13.3. The number of morpholine rings is 1. The van der Waals surface area contributed by atoms with Crippen LogP contribution in [0.2, 0.25) is 5.28 Å². The summed E-state index contributed by atoms with van der Waals surface area (Å²) in [5.74, 6) is 1.12. The van der Waals surface area contributed by atoms with Crippen LogP contribution in [0.1, 0.15) is 0 Å². The van der Waals surface area contributed by atoms with E-state index in [4.69, 9.17) is 21.1 Å². The molecule has 2 aromatic rings. The van der Waals surface area contributed by atoms with E-state index in [0.717, 1.165) is 17.6 Å². The molecular formula is C13H12BrClN4O2. The quantitative estimate of drug-likeness (QED) is 0.827. The first-order valence-corrected chi connectivity index (χ1v) is 7.56. The van der Waals surface area contributed by atoms with Crippen LogP contribution in [0.5, 0.6) is 11.8 Å². The minimum Gasteiger partial charge on any atom is -0.423 e. The van der Waals surface area contributed by atoms with Crippen molar-refractivity contribution in [2.45, 2.75) is 0 Å². The van der Waals surface area contributed by atoms with Crippen LogP contribution in [-0.4, -0.2) is 41.3 Å². The van der Waals surface area contributed by atoms with Crippen molar-refractivity contribution < 1.29 is 9.47 Å². The Morgan fingerprint density at radius 1 is 1.14 bits per heavy atom. The monoisotopic (exact) mass is 370 g/mol. The van der Waals surface area contributed by atoms with Crippen molar-refractivity contribution in [1.29, 1.82) is 0 Å². The van der Waals surface area contributed by atoms with Gasteiger partial charge in [0, 0.05) is 13.1 Å². The Morgan fingerprint density at radius 2 is 1.90 bits per heavy atom. The van der Waals surface area contributed by atoms with Gasteiger partial charge in [-0.05, 0) is 39.7 Å². The molecule has 0 amide bonds. The van der Waals surface area contributed by atoms with E-state index in [9.17, 15) is 0 Å². The zero-order chi connectivity index (χ0) is 14.7. The molecule has 2 heterocycles. The Bertz CT molecular complexity index is 637. The van der Waals surface area contributed by atoms with E-state index in [1.807, 2.05) is 29.2 Å². The average Bonchev–Trinajstić information content (AvgIpc) is 2.50. The fraction of sp³-hybridized carbons (Fsp3) is 0.308. The summed E-state index contributed by atoms with van der Waals surface area (Å²) in [6.07, 6.45) is 0. The van der Waals surface area contributed by atoms with Crippen molar-refractivity contribution >= 4 is 33.5 Å². The molecule has 0 spiro atoms. The van der Waals surface area contributed by atoms with Gasteiger partial charge in [0.15, 0.2) is 0 Å². The maximum atomic E-state index is 5.96. The second-order valence-corrected chi connectivity index (χ2v) is 5.51. The molecule has 3 rings (SSSR count). The van der Waals surface area contributed by atoms with E-state index in [-0.39, 0.29) is 11.3 Å². The molecule has 0 radical (unpaired) electrons. The number of para-hydroxylation sites is 1. The van der Waals surface area contributed by atoms with E-state index in [2.05, 4.69) is 30.9 Å². The van der Waals surface area contributed by atoms with Gasteiger partial charge in [0.05, 0.1) is 17.7 Å². The van der Waals surface area contributed by atoms with Gasteiger partial charge in [0.2, 0.25) is 11.2 Å². The van der Waals surface area contributed by atoms with Gasteiger partial charge < -0.3 is 14.4 Å². The van der Waals surface area contributed by atoms with Gasteiger partial charge in [-0.25, -0.2) is 0 Å². The molecule has 1 aromatic carbocycles. The van der Waals surface area contributed by atoms with Crippen LogP contribution >= 0.6 is 27.5 Å². The van der Waals surface area contributed by atoms with Crippen LogP contribution in [0.3, 0.4) is 0 Å². The van der Waals surface area contributed by atoms with Gasteiger partial charge in [-0.3, -0.25) is 0 Å². The summed E-state index contributed by atoms with van der Waals surface area (Å²) < 4.78 is 11.8. The molecule has 1 aliphatic rings. The Kier molecular flexibility index (Phi) is 4.52. The van der Waals surface area contributed by atoms with Gasteiger partial charge in [-0.1, -0.05) is 12.1 Å². The maximum absolute atomic E-state index is 5.96. The molecular weight excluding hydrogens is 360 g/mol. The summed E-state index contributed by atoms with van der Waals surface area (Å²) in [4.78, 5) is 14.5. The summed E-state index contributed by atoms with van der Waals surface area (Å²) in [6.45, 7) is 2.72. The van der Waals surface area contributed by atoms with E-state index in [1.165, 1.54) is 0 Å². The number of nitrogens with zero attached hydrogens (tertiary/aromatic N) is 4. The van der Waals surface area contributed by atoms with Crippen LogP contribution in [0.4, 0.5) is 5.95 Å². The van der Waals surface area contributed by atoms with Crippen LogP contribution in [0, 0.1) is 0 Å². The number of anilines is 1. The van der Waals surface area contributed by atoms with Gasteiger partial charge in [-0.2, -0.15) is 15.0 Å². The van der Waals surface area contributed by atoms with E-state index in [0.29, 0.717) is 24.9 Å². The third kappa shape index (κ3) is 3.61. The summed E-state index contributed by atoms with van der Waals surface area (Å²) in [5, 5.41) is 0.105. The Hall–Kier alpha value is -1.44. The SMILES string of the molecule is Clc1nc(Oc2ccccc2Br)nc(N2CCOCC2)n1. The predicted octanol–water partition coefficient (Wildman–Crippen LogP) is 2.92. The lowest BCUT2D eigenvalue weighted by molar-refractivity contribution is 0.122. The second kappa shape index (κ2) is 6.55. The van der Waals surface area contributed by atoms with Crippen molar-refractivity contribution in [3.05, 3.63) is 34.0 Å². The molecule has 8 heteroatoms. The first kappa shape index (κ1) is 14.5. The molecule has 0 saturated carbocycles. The Morgan fingerprint density at radius 3 is 2.67 bits per heavy atom. The molecule has 6 nitrogen and oxygen atoms in total. The largest absolute Gasteiger partial charge is 0.423 e. The van der Waals surface area contributed by atoms with Crippen molar-refractivity contribution in [1.82, 2.24) is 15.0 Å². The highest BCUT2D eigenvalue weighted by Crippen LogP contribution is 2.28. The van der Waals surface area contributed by atoms with Crippen LogP contribution in [0.25, 0.3) is 0 Å². The highest BCUT2D eigenvalue weighted by Gasteiger charge is 2.17. The predicted molar refractivity (Wildman–Crippen MR) is 82.1 cm³/mol. The lowest BCUT2D eigenvalue weighted by Crippen LogP contribution is -2.37. The number of benzene rings is 1. The van der Waals surface area contributed by atoms with Gasteiger partial charge >= 0.3 is 6.01 Å². The minimum absolute atomic E-state index is 0.105. The fourth-order valence-corrected chi connectivity index (χ4v) is 2.41. The molecule has 110 valence electrons. The lowest BCUT2D eigenvalue weighted by atomic mass is 10.3. The summed E-state index contributed by atoms with van der Waals surface area (Å²) in [6, 6.07) is 7.63. The fourth-order valence-electron chi connectivity index (χ4n) is 1.90. The van der Waals surface area contributed by atoms with E-state index in [1.54, 1.807) is 0 Å². The molecule has 1 aromatic heterocycles. The summed E-state index contributed by atoms with van der Waals surface area (Å²) in [7, 11) is 0. The van der Waals surface area contributed by atoms with Crippen LogP contribution in [0.15, 0.2) is 28.7 Å². The van der Waals surface area contributed by atoms with Crippen LogP contribution < -0.4 is 9.64 Å². The number of hydrogen-bond acceptors (Lipinski definition) is 6. The van der Waals surface area contributed by atoms with E-state index < -0.39 is 0 Å².